The van der Waals surface area contributed by atoms with Gasteiger partial charge in [-0.1, -0.05) is 18.2 Å². The number of carbonyl (C=O) groups excluding carboxylic acids is 1. The highest BCUT2D eigenvalue weighted by Gasteiger charge is 2.17. The number of benzene rings is 1. The van der Waals surface area contributed by atoms with Crippen molar-refractivity contribution in [3.63, 3.8) is 0 Å². The number of pyridine rings is 1. The SMILES string of the molecule is Cc1c(C(N)=O)c(NCCN2CCOCC2)nc2ccccc12. The molecule has 1 saturated heterocycles. The van der Waals surface area contributed by atoms with E-state index in [1.165, 1.54) is 0 Å². The number of fused-ring (bicyclic) bond motifs is 1. The van der Waals surface area contributed by atoms with Gasteiger partial charge in [-0.15, -0.1) is 0 Å². The van der Waals surface area contributed by atoms with Crippen molar-refractivity contribution in [2.45, 2.75) is 6.92 Å². The van der Waals surface area contributed by atoms with Gasteiger partial charge < -0.3 is 15.8 Å². The number of hydrogen-bond donors (Lipinski definition) is 2. The Morgan fingerprint density at radius 3 is 2.83 bits per heavy atom. The number of anilines is 1. The molecule has 1 aliphatic heterocycles. The maximum Gasteiger partial charge on any atom is 0.252 e. The highest BCUT2D eigenvalue weighted by atomic mass is 16.5. The smallest absolute Gasteiger partial charge is 0.252 e. The first-order valence-electron chi connectivity index (χ1n) is 7.90. The van der Waals surface area contributed by atoms with E-state index in [0.29, 0.717) is 17.9 Å². The van der Waals surface area contributed by atoms with Crippen LogP contribution in [0.3, 0.4) is 0 Å². The lowest BCUT2D eigenvalue weighted by Gasteiger charge is -2.26. The summed E-state index contributed by atoms with van der Waals surface area (Å²) in [6.07, 6.45) is 0. The Kier molecular flexibility index (Phi) is 4.73. The molecule has 1 fully saturated rings. The molecular weight excluding hydrogens is 292 g/mol. The number of nitrogens with two attached hydrogens (primary N) is 1. The Morgan fingerprint density at radius 1 is 1.35 bits per heavy atom. The fraction of sp³-hybridized carbons (Fsp3) is 0.412. The monoisotopic (exact) mass is 314 g/mol. The molecule has 2 aromatic rings. The molecule has 0 radical (unpaired) electrons. The van der Waals surface area contributed by atoms with Crippen LogP contribution in [0.1, 0.15) is 15.9 Å². The summed E-state index contributed by atoms with van der Waals surface area (Å²) in [6.45, 7) is 6.94. The fourth-order valence-electron chi connectivity index (χ4n) is 2.96. The van der Waals surface area contributed by atoms with Crippen LogP contribution in [0.4, 0.5) is 5.82 Å². The van der Waals surface area contributed by atoms with Gasteiger partial charge in [0.1, 0.15) is 5.82 Å². The van der Waals surface area contributed by atoms with Gasteiger partial charge in [0.2, 0.25) is 0 Å². The zero-order valence-corrected chi connectivity index (χ0v) is 13.3. The van der Waals surface area contributed by atoms with E-state index in [-0.39, 0.29) is 0 Å². The first kappa shape index (κ1) is 15.7. The molecule has 1 aromatic heterocycles. The molecule has 6 nitrogen and oxygen atoms in total. The van der Waals surface area contributed by atoms with Gasteiger partial charge in [0.15, 0.2) is 0 Å². The summed E-state index contributed by atoms with van der Waals surface area (Å²) in [5.74, 6) is 0.122. The van der Waals surface area contributed by atoms with E-state index in [2.05, 4.69) is 15.2 Å². The lowest BCUT2D eigenvalue weighted by atomic mass is 10.0. The number of amides is 1. The second-order valence-electron chi connectivity index (χ2n) is 5.72. The highest BCUT2D eigenvalue weighted by molar-refractivity contribution is 6.03. The van der Waals surface area contributed by atoms with Gasteiger partial charge in [-0.05, 0) is 18.6 Å². The number of aromatic nitrogens is 1. The van der Waals surface area contributed by atoms with Gasteiger partial charge in [0.25, 0.3) is 5.91 Å². The van der Waals surface area contributed by atoms with Crippen molar-refractivity contribution in [3.05, 3.63) is 35.4 Å². The maximum absolute atomic E-state index is 11.9. The van der Waals surface area contributed by atoms with Crippen molar-refractivity contribution in [2.75, 3.05) is 44.7 Å². The second-order valence-corrected chi connectivity index (χ2v) is 5.72. The van der Waals surface area contributed by atoms with E-state index < -0.39 is 5.91 Å². The van der Waals surface area contributed by atoms with Crippen LogP contribution in [0.2, 0.25) is 0 Å². The van der Waals surface area contributed by atoms with E-state index in [1.807, 2.05) is 31.2 Å². The van der Waals surface area contributed by atoms with Crippen LogP contribution >= 0.6 is 0 Å². The quantitative estimate of drug-likeness (QED) is 0.871. The number of hydrogen-bond acceptors (Lipinski definition) is 5. The predicted octanol–water partition coefficient (Wildman–Crippen LogP) is 1.39. The van der Waals surface area contributed by atoms with E-state index >= 15 is 0 Å². The number of rotatable bonds is 5. The Labute approximate surface area is 135 Å². The van der Waals surface area contributed by atoms with Gasteiger partial charge >= 0.3 is 0 Å². The zero-order valence-electron chi connectivity index (χ0n) is 13.3. The standard InChI is InChI=1S/C17H22N4O2/c1-12-13-4-2-3-5-14(13)20-17(15(12)16(18)22)19-6-7-21-8-10-23-11-9-21/h2-5H,6-11H2,1H3,(H2,18,22)(H,19,20). The van der Waals surface area contributed by atoms with Crippen LogP contribution in [0, 0.1) is 6.92 Å². The summed E-state index contributed by atoms with van der Waals surface area (Å²) in [6, 6.07) is 7.78. The normalized spacial score (nSPS) is 15.7. The predicted molar refractivity (Wildman–Crippen MR) is 90.7 cm³/mol. The third-order valence-corrected chi connectivity index (χ3v) is 4.22. The fourth-order valence-corrected chi connectivity index (χ4v) is 2.96. The Bertz CT molecular complexity index is 711. The lowest BCUT2D eigenvalue weighted by molar-refractivity contribution is 0.0398. The first-order chi connectivity index (χ1) is 11.2. The van der Waals surface area contributed by atoms with Crippen LogP contribution in [-0.2, 0) is 4.74 Å². The van der Waals surface area contributed by atoms with Gasteiger partial charge in [-0.2, -0.15) is 0 Å². The molecular formula is C17H22N4O2. The lowest BCUT2D eigenvalue weighted by Crippen LogP contribution is -2.39. The summed E-state index contributed by atoms with van der Waals surface area (Å²) in [4.78, 5) is 18.8. The number of carbonyl (C=O) groups is 1. The van der Waals surface area contributed by atoms with Crippen molar-refractivity contribution in [3.8, 4) is 0 Å². The number of aryl methyl sites for hydroxylation is 1. The molecule has 0 bridgehead atoms. The molecule has 23 heavy (non-hydrogen) atoms. The van der Waals surface area contributed by atoms with Crippen molar-refractivity contribution < 1.29 is 9.53 Å². The number of nitrogens with one attached hydrogen (secondary N) is 1. The first-order valence-corrected chi connectivity index (χ1v) is 7.90. The van der Waals surface area contributed by atoms with Gasteiger partial charge in [-0.3, -0.25) is 9.69 Å². The average Bonchev–Trinajstić information content (AvgIpc) is 2.55. The molecule has 0 saturated carbocycles. The molecule has 3 N–H and O–H groups in total. The number of nitrogens with zero attached hydrogens (tertiary/aromatic N) is 2. The molecule has 0 aliphatic carbocycles. The van der Waals surface area contributed by atoms with Crippen LogP contribution in [0.15, 0.2) is 24.3 Å². The van der Waals surface area contributed by atoms with Crippen LogP contribution in [-0.4, -0.2) is 55.2 Å². The molecule has 122 valence electrons. The van der Waals surface area contributed by atoms with Crippen LogP contribution in [0.5, 0.6) is 0 Å². The van der Waals surface area contributed by atoms with Crippen molar-refractivity contribution in [2.24, 2.45) is 5.73 Å². The molecule has 0 spiro atoms. The Hall–Kier alpha value is -2.18. The molecule has 0 atom stereocenters. The van der Waals surface area contributed by atoms with Crippen molar-refractivity contribution in [1.29, 1.82) is 0 Å². The molecule has 3 rings (SSSR count). The second kappa shape index (κ2) is 6.93. The third kappa shape index (κ3) is 3.43. The molecule has 1 aliphatic rings. The molecule has 6 heteroatoms. The molecule has 1 aromatic carbocycles. The average molecular weight is 314 g/mol. The van der Waals surface area contributed by atoms with Gasteiger partial charge in [0, 0.05) is 31.6 Å². The highest BCUT2D eigenvalue weighted by Crippen LogP contribution is 2.25. The number of ether oxygens (including phenoxy) is 1. The third-order valence-electron chi connectivity index (χ3n) is 4.22. The summed E-state index contributed by atoms with van der Waals surface area (Å²) in [5, 5.41) is 4.24. The number of para-hydroxylation sites is 1. The molecule has 2 heterocycles. The van der Waals surface area contributed by atoms with E-state index in [4.69, 9.17) is 10.5 Å². The maximum atomic E-state index is 11.9. The van der Waals surface area contributed by atoms with Crippen molar-refractivity contribution >= 4 is 22.6 Å². The number of morpholine rings is 1. The Morgan fingerprint density at radius 2 is 2.09 bits per heavy atom. The molecule has 0 unspecified atom stereocenters. The van der Waals surface area contributed by atoms with E-state index in [1.54, 1.807) is 0 Å². The van der Waals surface area contributed by atoms with Crippen molar-refractivity contribution in [1.82, 2.24) is 9.88 Å². The Balaban J connectivity index is 1.81. The minimum absolute atomic E-state index is 0.449. The minimum atomic E-state index is -0.449. The zero-order chi connectivity index (χ0) is 16.2. The molecule has 1 amide bonds. The van der Waals surface area contributed by atoms with Gasteiger partial charge in [0.05, 0.1) is 24.3 Å². The van der Waals surface area contributed by atoms with Crippen LogP contribution < -0.4 is 11.1 Å². The van der Waals surface area contributed by atoms with Gasteiger partial charge in [-0.25, -0.2) is 4.98 Å². The minimum Gasteiger partial charge on any atom is -0.379 e. The van der Waals surface area contributed by atoms with Crippen LogP contribution in [0.25, 0.3) is 10.9 Å². The topological polar surface area (TPSA) is 80.5 Å². The van der Waals surface area contributed by atoms with E-state index in [9.17, 15) is 4.79 Å². The summed E-state index contributed by atoms with van der Waals surface area (Å²) < 4.78 is 5.34. The number of primary amides is 1. The summed E-state index contributed by atoms with van der Waals surface area (Å²) in [5.41, 5.74) is 7.79. The summed E-state index contributed by atoms with van der Waals surface area (Å²) >= 11 is 0. The largest absolute Gasteiger partial charge is 0.379 e. The summed E-state index contributed by atoms with van der Waals surface area (Å²) in [7, 11) is 0. The van der Waals surface area contributed by atoms with E-state index in [0.717, 1.165) is 49.3 Å².